The Morgan fingerprint density at radius 3 is 2.42 bits per heavy atom. The largest absolute Gasteiger partial charge is 0.496 e. The van der Waals surface area contributed by atoms with Crippen LogP contribution in [0.4, 0.5) is 10.8 Å². The highest BCUT2D eigenvalue weighted by Gasteiger charge is 2.17. The highest BCUT2D eigenvalue weighted by Crippen LogP contribution is 2.32. The molecule has 2 amide bonds. The van der Waals surface area contributed by atoms with Crippen LogP contribution in [-0.2, 0) is 4.79 Å². The molecule has 0 aliphatic heterocycles. The number of hydrogen-bond donors (Lipinski definition) is 2. The fourth-order valence-electron chi connectivity index (χ4n) is 3.93. The summed E-state index contributed by atoms with van der Waals surface area (Å²) in [6, 6.07) is 28.7. The van der Waals surface area contributed by atoms with E-state index >= 15 is 0 Å². The van der Waals surface area contributed by atoms with Gasteiger partial charge in [-0.25, -0.2) is 4.98 Å². The van der Waals surface area contributed by atoms with Crippen LogP contribution in [-0.4, -0.2) is 29.2 Å². The van der Waals surface area contributed by atoms with E-state index < -0.39 is 0 Å². The standard InChI is InChI=1S/C30H25N3O3S2/c1-19(28(34)33-30-32-26(18-37-30)25-9-5-6-10-27(25)36-2)38-24-15-13-23(14-16-24)31-29(35)22-12-11-20-7-3-4-8-21(20)17-22/h3-19H,1-2H3,(H,31,35)(H,32,33,34). The van der Waals surface area contributed by atoms with Crippen molar-refractivity contribution in [3.05, 3.63) is 102 Å². The van der Waals surface area contributed by atoms with Gasteiger partial charge in [-0.1, -0.05) is 42.5 Å². The number of ether oxygens (including phenoxy) is 1. The van der Waals surface area contributed by atoms with Crippen LogP contribution in [0.3, 0.4) is 0 Å². The average molecular weight is 540 g/mol. The van der Waals surface area contributed by atoms with Gasteiger partial charge in [-0.05, 0) is 66.2 Å². The van der Waals surface area contributed by atoms with Crippen molar-refractivity contribution in [3.63, 3.8) is 0 Å². The normalized spacial score (nSPS) is 11.6. The Kier molecular flexibility index (Phi) is 7.72. The number of nitrogens with one attached hydrogen (secondary N) is 2. The summed E-state index contributed by atoms with van der Waals surface area (Å²) in [5, 5.41) is 10.1. The maximum absolute atomic E-state index is 12.8. The van der Waals surface area contributed by atoms with Gasteiger partial charge in [-0.3, -0.25) is 9.59 Å². The van der Waals surface area contributed by atoms with E-state index in [0.29, 0.717) is 16.4 Å². The number of hydrogen-bond acceptors (Lipinski definition) is 6. The third-order valence-electron chi connectivity index (χ3n) is 5.92. The van der Waals surface area contributed by atoms with E-state index in [0.717, 1.165) is 32.7 Å². The summed E-state index contributed by atoms with van der Waals surface area (Å²) >= 11 is 2.81. The predicted octanol–water partition coefficient (Wildman–Crippen LogP) is 7.34. The van der Waals surface area contributed by atoms with Crippen molar-refractivity contribution in [2.75, 3.05) is 17.7 Å². The van der Waals surface area contributed by atoms with Crippen molar-refractivity contribution in [2.24, 2.45) is 0 Å². The lowest BCUT2D eigenvalue weighted by Crippen LogP contribution is -2.22. The molecule has 190 valence electrons. The molecular formula is C30H25N3O3S2. The molecule has 5 aromatic rings. The van der Waals surface area contributed by atoms with Crippen molar-refractivity contribution < 1.29 is 14.3 Å². The zero-order valence-electron chi connectivity index (χ0n) is 20.8. The number of thioether (sulfide) groups is 1. The second-order valence-corrected chi connectivity index (χ2v) is 10.8. The first-order chi connectivity index (χ1) is 18.5. The minimum atomic E-state index is -0.341. The zero-order valence-corrected chi connectivity index (χ0v) is 22.4. The molecule has 1 atom stereocenters. The SMILES string of the molecule is COc1ccccc1-c1csc(NC(=O)C(C)Sc2ccc(NC(=O)c3ccc4ccccc4c3)cc2)n1. The van der Waals surface area contributed by atoms with E-state index in [-0.39, 0.29) is 17.1 Å². The predicted molar refractivity (Wildman–Crippen MR) is 156 cm³/mol. The number of nitrogens with zero attached hydrogens (tertiary/aromatic N) is 1. The van der Waals surface area contributed by atoms with E-state index in [4.69, 9.17) is 4.74 Å². The Labute approximate surface area is 229 Å². The topological polar surface area (TPSA) is 80.3 Å². The average Bonchev–Trinajstić information content (AvgIpc) is 3.42. The number of thiazole rings is 1. The summed E-state index contributed by atoms with van der Waals surface area (Å²) in [5.41, 5.74) is 2.92. The minimum Gasteiger partial charge on any atom is -0.496 e. The number of carbonyl (C=O) groups is 2. The summed E-state index contributed by atoms with van der Waals surface area (Å²) in [6.45, 7) is 1.85. The van der Waals surface area contributed by atoms with Crippen molar-refractivity contribution in [2.45, 2.75) is 17.1 Å². The number of amides is 2. The van der Waals surface area contributed by atoms with Crippen LogP contribution in [0.1, 0.15) is 17.3 Å². The number of para-hydroxylation sites is 1. The molecule has 0 fully saturated rings. The van der Waals surface area contributed by atoms with Gasteiger partial charge in [0.25, 0.3) is 5.91 Å². The summed E-state index contributed by atoms with van der Waals surface area (Å²) in [6.07, 6.45) is 0. The molecule has 38 heavy (non-hydrogen) atoms. The van der Waals surface area contributed by atoms with E-state index in [2.05, 4.69) is 15.6 Å². The quantitative estimate of drug-likeness (QED) is 0.202. The number of aromatic nitrogens is 1. The summed E-state index contributed by atoms with van der Waals surface area (Å²) < 4.78 is 5.41. The molecule has 0 bridgehead atoms. The van der Waals surface area contributed by atoms with Gasteiger partial charge in [-0.2, -0.15) is 0 Å². The third-order valence-corrected chi connectivity index (χ3v) is 7.79. The first-order valence-corrected chi connectivity index (χ1v) is 13.7. The van der Waals surface area contributed by atoms with Gasteiger partial charge in [0, 0.05) is 27.1 Å². The van der Waals surface area contributed by atoms with Crippen LogP contribution in [0.2, 0.25) is 0 Å². The molecule has 0 aliphatic carbocycles. The molecular weight excluding hydrogens is 514 g/mol. The molecule has 0 spiro atoms. The highest BCUT2D eigenvalue weighted by molar-refractivity contribution is 8.00. The van der Waals surface area contributed by atoms with Gasteiger partial charge in [0.2, 0.25) is 5.91 Å². The van der Waals surface area contributed by atoms with Gasteiger partial charge in [-0.15, -0.1) is 23.1 Å². The first-order valence-electron chi connectivity index (χ1n) is 12.0. The summed E-state index contributed by atoms with van der Waals surface area (Å²) in [4.78, 5) is 31.0. The van der Waals surface area contributed by atoms with Crippen LogP contribution >= 0.6 is 23.1 Å². The Morgan fingerprint density at radius 1 is 0.895 bits per heavy atom. The molecule has 0 radical (unpaired) electrons. The van der Waals surface area contributed by atoms with E-state index in [1.54, 1.807) is 7.11 Å². The first kappa shape index (κ1) is 25.5. The highest BCUT2D eigenvalue weighted by atomic mass is 32.2. The van der Waals surface area contributed by atoms with Gasteiger partial charge < -0.3 is 15.4 Å². The molecule has 5 rings (SSSR count). The molecule has 6 nitrogen and oxygen atoms in total. The Bertz CT molecular complexity index is 1600. The molecule has 0 saturated heterocycles. The molecule has 0 saturated carbocycles. The fourth-order valence-corrected chi connectivity index (χ4v) is 5.51. The second kappa shape index (κ2) is 11.5. The Morgan fingerprint density at radius 2 is 1.63 bits per heavy atom. The minimum absolute atomic E-state index is 0.135. The van der Waals surface area contributed by atoms with Gasteiger partial charge in [0.1, 0.15) is 5.75 Å². The van der Waals surface area contributed by atoms with Gasteiger partial charge in [0.15, 0.2) is 5.13 Å². The van der Waals surface area contributed by atoms with Crippen LogP contribution in [0, 0.1) is 0 Å². The fraction of sp³-hybridized carbons (Fsp3) is 0.100. The number of methoxy groups -OCH3 is 1. The maximum Gasteiger partial charge on any atom is 0.255 e. The monoisotopic (exact) mass is 539 g/mol. The van der Waals surface area contributed by atoms with E-state index in [1.807, 2.05) is 103 Å². The number of anilines is 2. The molecule has 8 heteroatoms. The van der Waals surface area contributed by atoms with Crippen LogP contribution in [0.25, 0.3) is 22.0 Å². The van der Waals surface area contributed by atoms with Crippen molar-refractivity contribution in [1.29, 1.82) is 0 Å². The van der Waals surface area contributed by atoms with E-state index in [1.165, 1.54) is 23.1 Å². The van der Waals surface area contributed by atoms with Crippen LogP contribution in [0.5, 0.6) is 5.75 Å². The van der Waals surface area contributed by atoms with Crippen molar-refractivity contribution in [1.82, 2.24) is 4.98 Å². The van der Waals surface area contributed by atoms with Gasteiger partial charge in [0.05, 0.1) is 18.1 Å². The molecule has 1 heterocycles. The summed E-state index contributed by atoms with van der Waals surface area (Å²) in [7, 11) is 1.62. The lowest BCUT2D eigenvalue weighted by molar-refractivity contribution is -0.115. The lowest BCUT2D eigenvalue weighted by Gasteiger charge is -2.11. The second-order valence-electron chi connectivity index (χ2n) is 8.53. The Balaban J connectivity index is 1.17. The van der Waals surface area contributed by atoms with Gasteiger partial charge >= 0.3 is 0 Å². The Hall–Kier alpha value is -4.14. The van der Waals surface area contributed by atoms with Crippen molar-refractivity contribution in [3.8, 4) is 17.0 Å². The summed E-state index contributed by atoms with van der Waals surface area (Å²) in [5.74, 6) is 0.431. The van der Waals surface area contributed by atoms with Crippen molar-refractivity contribution >= 4 is 56.5 Å². The molecule has 1 unspecified atom stereocenters. The molecule has 0 aliphatic rings. The lowest BCUT2D eigenvalue weighted by atomic mass is 10.1. The van der Waals surface area contributed by atoms with E-state index in [9.17, 15) is 9.59 Å². The number of fused-ring (bicyclic) bond motifs is 1. The van der Waals surface area contributed by atoms with Crippen LogP contribution in [0.15, 0.2) is 101 Å². The van der Waals surface area contributed by atoms with Crippen LogP contribution < -0.4 is 15.4 Å². The zero-order chi connectivity index (χ0) is 26.5. The number of carbonyl (C=O) groups excluding carboxylic acids is 2. The number of benzene rings is 4. The smallest absolute Gasteiger partial charge is 0.255 e. The number of rotatable bonds is 8. The third kappa shape index (κ3) is 5.88. The molecule has 4 aromatic carbocycles. The molecule has 2 N–H and O–H groups in total. The molecule has 1 aromatic heterocycles. The maximum atomic E-state index is 12.8.